The molecule has 1 unspecified atom stereocenters. The molecular formula is C27H32ClFN6O2. The van der Waals surface area contributed by atoms with E-state index in [9.17, 15) is 14.0 Å². The average molecular weight is 527 g/mol. The molecule has 2 fully saturated rings. The van der Waals surface area contributed by atoms with Crippen molar-refractivity contribution in [1.82, 2.24) is 24.8 Å². The SMILES string of the molecule is Cc1c(C(C)N(C)C)cnc2c(C(=O)NC3CCC4(CC3)CCN(c3ccc(F)cc3Cl)C4=O)cnn12. The Bertz CT molecular complexity index is 1360. The maximum Gasteiger partial charge on any atom is 0.256 e. The molecule has 1 atom stereocenters. The van der Waals surface area contributed by atoms with Gasteiger partial charge < -0.3 is 15.1 Å². The summed E-state index contributed by atoms with van der Waals surface area (Å²) in [6, 6.07) is 4.27. The molecule has 196 valence electrons. The van der Waals surface area contributed by atoms with E-state index in [2.05, 4.69) is 27.2 Å². The molecule has 3 heterocycles. The van der Waals surface area contributed by atoms with E-state index < -0.39 is 11.2 Å². The van der Waals surface area contributed by atoms with Crippen LogP contribution in [0, 0.1) is 18.2 Å². The number of aryl methyl sites for hydroxylation is 1. The Balaban J connectivity index is 1.25. The quantitative estimate of drug-likeness (QED) is 0.527. The number of carbonyl (C=O) groups excluding carboxylic acids is 2. The number of nitrogens with one attached hydrogen (secondary N) is 1. The Kier molecular flexibility index (Phi) is 6.70. The Hall–Kier alpha value is -3.04. The molecular weight excluding hydrogens is 495 g/mol. The lowest BCUT2D eigenvalue weighted by molar-refractivity contribution is -0.127. The molecule has 3 aromatic rings. The number of halogens is 2. The lowest BCUT2D eigenvalue weighted by Gasteiger charge is -2.36. The fourth-order valence-corrected chi connectivity index (χ4v) is 5.97. The van der Waals surface area contributed by atoms with E-state index in [0.717, 1.165) is 17.7 Å². The highest BCUT2D eigenvalue weighted by molar-refractivity contribution is 6.34. The summed E-state index contributed by atoms with van der Waals surface area (Å²) in [7, 11) is 4.03. The van der Waals surface area contributed by atoms with Crippen LogP contribution in [0.2, 0.25) is 5.02 Å². The summed E-state index contributed by atoms with van der Waals surface area (Å²) in [5, 5.41) is 7.82. The van der Waals surface area contributed by atoms with Gasteiger partial charge in [0.1, 0.15) is 11.4 Å². The van der Waals surface area contributed by atoms with Gasteiger partial charge >= 0.3 is 0 Å². The molecule has 1 saturated carbocycles. The number of hydrogen-bond acceptors (Lipinski definition) is 5. The van der Waals surface area contributed by atoms with Crippen molar-refractivity contribution in [2.75, 3.05) is 25.5 Å². The van der Waals surface area contributed by atoms with Gasteiger partial charge in [-0.2, -0.15) is 5.10 Å². The zero-order chi connectivity index (χ0) is 26.5. The predicted octanol–water partition coefficient (Wildman–Crippen LogP) is 4.55. The topological polar surface area (TPSA) is 82.8 Å². The molecule has 1 saturated heterocycles. The minimum absolute atomic E-state index is 0.0292. The van der Waals surface area contributed by atoms with Crippen LogP contribution >= 0.6 is 11.6 Å². The van der Waals surface area contributed by atoms with Crippen LogP contribution in [0.1, 0.15) is 66.7 Å². The standard InChI is InChI=1S/C27H32ClFN6O2/c1-16(33(3)4)20-14-30-24-21(15-31-35(24)17(20)2)25(36)32-19-7-9-27(10-8-19)11-12-34(26(27)37)23-6-5-18(29)13-22(23)28/h5-6,13-16,19H,7-12H2,1-4H3,(H,32,36). The molecule has 1 spiro atoms. The van der Waals surface area contributed by atoms with Gasteiger partial charge in [0.25, 0.3) is 5.91 Å². The predicted molar refractivity (Wildman–Crippen MR) is 140 cm³/mol. The van der Waals surface area contributed by atoms with Crippen LogP contribution in [0.5, 0.6) is 0 Å². The monoisotopic (exact) mass is 526 g/mol. The highest BCUT2D eigenvalue weighted by Crippen LogP contribution is 2.47. The first kappa shape index (κ1) is 25.6. The van der Waals surface area contributed by atoms with E-state index in [1.54, 1.807) is 21.7 Å². The zero-order valence-electron chi connectivity index (χ0n) is 21.6. The van der Waals surface area contributed by atoms with Gasteiger partial charge in [-0.3, -0.25) is 9.59 Å². The van der Waals surface area contributed by atoms with Gasteiger partial charge in [0.05, 0.1) is 22.3 Å². The van der Waals surface area contributed by atoms with Crippen LogP contribution in [-0.2, 0) is 4.79 Å². The average Bonchev–Trinajstić information content (AvgIpc) is 3.43. The van der Waals surface area contributed by atoms with Crippen molar-refractivity contribution < 1.29 is 14.0 Å². The number of carbonyl (C=O) groups is 2. The maximum atomic E-state index is 13.5. The summed E-state index contributed by atoms with van der Waals surface area (Å²) in [5.41, 5.74) is 3.09. The highest BCUT2D eigenvalue weighted by atomic mass is 35.5. The first-order chi connectivity index (χ1) is 17.6. The molecule has 0 bridgehead atoms. The summed E-state index contributed by atoms with van der Waals surface area (Å²) in [6.45, 7) is 4.65. The molecule has 37 heavy (non-hydrogen) atoms. The van der Waals surface area contributed by atoms with Gasteiger partial charge in [0.2, 0.25) is 5.91 Å². The molecule has 1 aliphatic heterocycles. The number of hydrogen-bond donors (Lipinski definition) is 1. The third-order valence-electron chi connectivity index (χ3n) is 8.27. The fourth-order valence-electron chi connectivity index (χ4n) is 5.70. The largest absolute Gasteiger partial charge is 0.349 e. The Labute approximate surface area is 220 Å². The van der Waals surface area contributed by atoms with Crippen LogP contribution < -0.4 is 10.2 Å². The fraction of sp³-hybridized carbons (Fsp3) is 0.481. The van der Waals surface area contributed by atoms with Crippen LogP contribution in [0.4, 0.5) is 10.1 Å². The van der Waals surface area contributed by atoms with E-state index in [1.807, 2.05) is 27.2 Å². The van der Waals surface area contributed by atoms with Crippen molar-refractivity contribution in [3.05, 3.63) is 58.3 Å². The molecule has 1 aromatic carbocycles. The summed E-state index contributed by atoms with van der Waals surface area (Å²) in [5.74, 6) is -0.587. The van der Waals surface area contributed by atoms with E-state index in [4.69, 9.17) is 11.6 Å². The van der Waals surface area contributed by atoms with E-state index in [-0.39, 0.29) is 28.9 Å². The first-order valence-electron chi connectivity index (χ1n) is 12.7. The number of aromatic nitrogens is 3. The van der Waals surface area contributed by atoms with E-state index in [1.165, 1.54) is 12.1 Å². The number of nitrogens with zero attached hydrogens (tertiary/aromatic N) is 5. The minimum Gasteiger partial charge on any atom is -0.349 e. The summed E-state index contributed by atoms with van der Waals surface area (Å²) >= 11 is 6.23. The zero-order valence-corrected chi connectivity index (χ0v) is 22.3. The van der Waals surface area contributed by atoms with Gasteiger partial charge in [0, 0.05) is 36.1 Å². The first-order valence-corrected chi connectivity index (χ1v) is 13.1. The number of anilines is 1. The second kappa shape index (κ2) is 9.68. The molecule has 1 N–H and O–H groups in total. The van der Waals surface area contributed by atoms with Crippen molar-refractivity contribution in [3.63, 3.8) is 0 Å². The lowest BCUT2D eigenvalue weighted by Crippen LogP contribution is -2.44. The third kappa shape index (κ3) is 4.48. The van der Waals surface area contributed by atoms with Gasteiger partial charge in [0.15, 0.2) is 5.65 Å². The second-order valence-corrected chi connectivity index (χ2v) is 11.0. The van der Waals surface area contributed by atoms with Crippen LogP contribution in [0.3, 0.4) is 0 Å². The highest BCUT2D eigenvalue weighted by Gasteiger charge is 2.49. The van der Waals surface area contributed by atoms with Gasteiger partial charge in [-0.05, 0) is 78.2 Å². The number of rotatable bonds is 5. The van der Waals surface area contributed by atoms with Gasteiger partial charge in [-0.25, -0.2) is 13.9 Å². The summed E-state index contributed by atoms with van der Waals surface area (Å²) in [6.07, 6.45) is 6.91. The van der Waals surface area contributed by atoms with Crippen LogP contribution in [0.15, 0.2) is 30.6 Å². The summed E-state index contributed by atoms with van der Waals surface area (Å²) in [4.78, 5) is 34.9. The summed E-state index contributed by atoms with van der Waals surface area (Å²) < 4.78 is 15.2. The van der Waals surface area contributed by atoms with Crippen molar-refractivity contribution >= 4 is 34.7 Å². The molecule has 1 aliphatic carbocycles. The maximum absolute atomic E-state index is 13.5. The van der Waals surface area contributed by atoms with Crippen LogP contribution in [-0.4, -0.2) is 58.0 Å². The van der Waals surface area contributed by atoms with Crippen molar-refractivity contribution in [2.45, 2.75) is 58.0 Å². The minimum atomic E-state index is -0.457. The van der Waals surface area contributed by atoms with Crippen LogP contribution in [0.25, 0.3) is 5.65 Å². The van der Waals surface area contributed by atoms with Crippen molar-refractivity contribution in [1.29, 1.82) is 0 Å². The second-order valence-electron chi connectivity index (χ2n) is 10.6. The molecule has 2 amide bonds. The molecule has 8 nitrogen and oxygen atoms in total. The smallest absolute Gasteiger partial charge is 0.256 e. The Morgan fingerprint density at radius 1 is 1.24 bits per heavy atom. The third-order valence-corrected chi connectivity index (χ3v) is 8.57. The molecule has 2 aliphatic rings. The number of amides is 2. The van der Waals surface area contributed by atoms with Crippen molar-refractivity contribution in [3.8, 4) is 0 Å². The van der Waals surface area contributed by atoms with E-state index >= 15 is 0 Å². The van der Waals surface area contributed by atoms with Crippen molar-refractivity contribution in [2.24, 2.45) is 5.41 Å². The Morgan fingerprint density at radius 3 is 2.65 bits per heavy atom. The molecule has 0 radical (unpaired) electrons. The van der Waals surface area contributed by atoms with Gasteiger partial charge in [-0.15, -0.1) is 0 Å². The molecule has 10 heteroatoms. The van der Waals surface area contributed by atoms with Gasteiger partial charge in [-0.1, -0.05) is 11.6 Å². The van der Waals surface area contributed by atoms with E-state index in [0.29, 0.717) is 49.1 Å². The molecule has 2 aromatic heterocycles. The lowest BCUT2D eigenvalue weighted by atomic mass is 9.71. The molecule has 5 rings (SSSR count). The Morgan fingerprint density at radius 2 is 1.97 bits per heavy atom. The normalized spacial score (nSPS) is 22.8. The number of fused-ring (bicyclic) bond motifs is 1. The number of benzene rings is 1.